The number of benzene rings is 2. The Morgan fingerprint density at radius 1 is 0.926 bits per heavy atom. The van der Waals surface area contributed by atoms with Crippen LogP contribution < -0.4 is 15.5 Å². The molecule has 2 aromatic carbocycles. The number of nitrogens with zero attached hydrogens (tertiary/aromatic N) is 6. The fourth-order valence-corrected chi connectivity index (χ4v) is 9.79. The van der Waals surface area contributed by atoms with Gasteiger partial charge in [-0.15, -0.1) is 0 Å². The molecule has 11 nitrogen and oxygen atoms in total. The smallest absolute Gasteiger partial charge is 0.251 e. The van der Waals surface area contributed by atoms with Crippen molar-refractivity contribution in [2.75, 3.05) is 43.4 Å². The molecule has 5 aliphatic rings. The molecule has 54 heavy (non-hydrogen) atoms. The summed E-state index contributed by atoms with van der Waals surface area (Å²) in [6.07, 6.45) is 9.85. The van der Waals surface area contributed by atoms with Crippen molar-refractivity contribution in [2.24, 2.45) is 5.41 Å². The summed E-state index contributed by atoms with van der Waals surface area (Å²) in [7, 11) is 1.64. The lowest BCUT2D eigenvalue weighted by molar-refractivity contribution is -0.134. The SMILES string of the molecule is CNC(=O)c1cc(Nc2nc(-c3ccc4c(c3)N([C@H]3C[C@@H](N5CCCC(C)(C)C5)C3)C(=O)C43CCN(C(C)=O)CC3)cc3ncn(C4CC4)c23)ccc1C. The zero-order chi connectivity index (χ0) is 37.5. The molecule has 9 rings (SSSR count). The Balaban J connectivity index is 1.09. The molecule has 11 heteroatoms. The number of anilines is 3. The maximum atomic E-state index is 14.9. The summed E-state index contributed by atoms with van der Waals surface area (Å²) in [6.45, 7) is 11.7. The highest BCUT2D eigenvalue weighted by Crippen LogP contribution is 2.52. The fourth-order valence-electron chi connectivity index (χ4n) is 9.79. The van der Waals surface area contributed by atoms with Crippen molar-refractivity contribution >= 4 is 45.9 Å². The van der Waals surface area contributed by atoms with Gasteiger partial charge < -0.3 is 25.0 Å². The number of nitrogens with one attached hydrogen (secondary N) is 2. The van der Waals surface area contributed by atoms with Crippen molar-refractivity contribution in [1.82, 2.24) is 29.7 Å². The van der Waals surface area contributed by atoms with Crippen molar-refractivity contribution in [3.8, 4) is 11.3 Å². The molecule has 3 amide bonds. The highest BCUT2D eigenvalue weighted by molar-refractivity contribution is 6.09. The molecule has 3 aliphatic heterocycles. The number of carbonyl (C=O) groups is 3. The minimum absolute atomic E-state index is 0.0690. The minimum Gasteiger partial charge on any atom is -0.355 e. The molecule has 2 aliphatic carbocycles. The van der Waals surface area contributed by atoms with Gasteiger partial charge >= 0.3 is 0 Å². The first kappa shape index (κ1) is 35.0. The van der Waals surface area contributed by atoms with Gasteiger partial charge in [0, 0.05) is 74.2 Å². The van der Waals surface area contributed by atoms with Gasteiger partial charge in [0.2, 0.25) is 11.8 Å². The Labute approximate surface area is 317 Å². The Kier molecular flexibility index (Phi) is 8.37. The van der Waals surface area contributed by atoms with E-state index in [-0.39, 0.29) is 23.8 Å². The second-order valence-electron chi connectivity index (χ2n) is 17.4. The van der Waals surface area contributed by atoms with E-state index in [9.17, 15) is 14.4 Å². The van der Waals surface area contributed by atoms with E-state index in [1.54, 1.807) is 14.0 Å². The fraction of sp³-hybridized carbons (Fsp3) is 0.512. The average molecular weight is 729 g/mol. The lowest BCUT2D eigenvalue weighted by Gasteiger charge is -2.51. The van der Waals surface area contributed by atoms with Gasteiger partial charge in [0.05, 0.1) is 23.0 Å². The lowest BCUT2D eigenvalue weighted by atomic mass is 9.73. The van der Waals surface area contributed by atoms with Gasteiger partial charge in [-0.3, -0.25) is 19.3 Å². The molecular weight excluding hydrogens is 677 g/mol. The quantitative estimate of drug-likeness (QED) is 0.217. The highest BCUT2D eigenvalue weighted by Gasteiger charge is 2.56. The third-order valence-corrected chi connectivity index (χ3v) is 13.1. The number of amides is 3. The normalized spacial score (nSPS) is 23.4. The van der Waals surface area contributed by atoms with Crippen LogP contribution >= 0.6 is 0 Å². The van der Waals surface area contributed by atoms with Crippen molar-refractivity contribution in [3.05, 3.63) is 65.5 Å². The number of piperidine rings is 2. The van der Waals surface area contributed by atoms with Gasteiger partial charge in [0.25, 0.3) is 5.91 Å². The number of aryl methyl sites for hydroxylation is 1. The van der Waals surface area contributed by atoms with Crippen LogP contribution in [0.25, 0.3) is 22.3 Å². The third kappa shape index (κ3) is 5.86. The Bertz CT molecular complexity index is 2170. The van der Waals surface area contributed by atoms with E-state index in [1.165, 1.54) is 12.8 Å². The summed E-state index contributed by atoms with van der Waals surface area (Å²) in [5.74, 6) is 0.817. The van der Waals surface area contributed by atoms with Gasteiger partial charge in [-0.05, 0) is 106 Å². The molecule has 0 unspecified atom stereocenters. The number of likely N-dealkylation sites (tertiary alicyclic amines) is 2. The molecule has 282 valence electrons. The second kappa shape index (κ2) is 12.9. The number of carbonyl (C=O) groups excluding carboxylic acids is 3. The molecule has 2 aromatic heterocycles. The summed E-state index contributed by atoms with van der Waals surface area (Å²) >= 11 is 0. The third-order valence-electron chi connectivity index (χ3n) is 13.1. The topological polar surface area (TPSA) is 116 Å². The minimum atomic E-state index is -0.626. The molecule has 2 N–H and O–H groups in total. The van der Waals surface area contributed by atoms with Crippen molar-refractivity contribution in [1.29, 1.82) is 0 Å². The molecule has 2 saturated carbocycles. The first-order valence-electron chi connectivity index (χ1n) is 19.9. The van der Waals surface area contributed by atoms with Crippen LogP contribution in [-0.2, 0) is 15.0 Å². The standard InChI is InChI=1S/C43H52N8O3/c1-26-7-9-29(20-33(26)40(53)44-5)46-39-38-36(45-25-50(38)30-10-11-30)23-35(47-39)28-8-12-34-37(19-28)51(41(54)43(34)14-17-48(18-15-43)27(2)52)32-21-31(22-32)49-16-6-13-42(3,4)24-49/h7-9,12,19-20,23,25,30-32H,6,10-11,13-18,21-22,24H2,1-5H3,(H,44,53)(H,46,47)/t31-,32+. The van der Waals surface area contributed by atoms with Gasteiger partial charge in [-0.1, -0.05) is 32.0 Å². The number of rotatable bonds is 7. The lowest BCUT2D eigenvalue weighted by Crippen LogP contribution is -2.59. The summed E-state index contributed by atoms with van der Waals surface area (Å²) in [5, 5.41) is 6.32. The molecule has 4 aromatic rings. The molecule has 4 fully saturated rings. The second-order valence-corrected chi connectivity index (χ2v) is 17.4. The molecule has 0 atom stereocenters. The Hall–Kier alpha value is -4.77. The van der Waals surface area contributed by atoms with Crippen molar-refractivity contribution in [3.63, 3.8) is 0 Å². The molecule has 5 heterocycles. The molecule has 0 radical (unpaired) electrons. The average Bonchev–Trinajstić information content (AvgIpc) is 3.85. The zero-order valence-electron chi connectivity index (χ0n) is 32.2. The predicted octanol–water partition coefficient (Wildman–Crippen LogP) is 6.72. The van der Waals surface area contributed by atoms with E-state index in [0.29, 0.717) is 54.8 Å². The number of hydrogen-bond donors (Lipinski definition) is 2. The molecule has 2 saturated heterocycles. The van der Waals surface area contributed by atoms with Crippen LogP contribution in [0.1, 0.15) is 99.7 Å². The van der Waals surface area contributed by atoms with Crippen LogP contribution in [0.3, 0.4) is 0 Å². The maximum Gasteiger partial charge on any atom is 0.251 e. The summed E-state index contributed by atoms with van der Waals surface area (Å²) in [4.78, 5) is 56.7. The molecule has 0 bridgehead atoms. The number of fused-ring (bicyclic) bond motifs is 3. The van der Waals surface area contributed by atoms with Crippen molar-refractivity contribution < 1.29 is 14.4 Å². The van der Waals surface area contributed by atoms with E-state index >= 15 is 0 Å². The van der Waals surface area contributed by atoms with Gasteiger partial charge in [-0.25, -0.2) is 9.97 Å². The van der Waals surface area contributed by atoms with Crippen LogP contribution in [0.2, 0.25) is 0 Å². The van der Waals surface area contributed by atoms with E-state index in [2.05, 4.69) is 63.1 Å². The Morgan fingerprint density at radius 2 is 1.70 bits per heavy atom. The maximum absolute atomic E-state index is 14.9. The Morgan fingerprint density at radius 3 is 2.41 bits per heavy atom. The summed E-state index contributed by atoms with van der Waals surface area (Å²) in [5.41, 5.74) is 7.55. The number of hydrogen-bond acceptors (Lipinski definition) is 7. The highest BCUT2D eigenvalue weighted by atomic mass is 16.2. The van der Waals surface area contributed by atoms with E-state index in [1.807, 2.05) is 36.4 Å². The number of imidazole rings is 1. The largest absolute Gasteiger partial charge is 0.355 e. The zero-order valence-corrected chi connectivity index (χ0v) is 32.2. The van der Waals surface area contributed by atoms with Crippen LogP contribution in [0.4, 0.5) is 17.2 Å². The van der Waals surface area contributed by atoms with E-state index in [0.717, 1.165) is 83.6 Å². The summed E-state index contributed by atoms with van der Waals surface area (Å²) < 4.78 is 2.22. The van der Waals surface area contributed by atoms with Crippen LogP contribution in [0, 0.1) is 12.3 Å². The molecule has 1 spiro atoms. The van der Waals surface area contributed by atoms with Gasteiger partial charge in [-0.2, -0.15) is 0 Å². The van der Waals surface area contributed by atoms with E-state index < -0.39 is 5.41 Å². The predicted molar refractivity (Wildman–Crippen MR) is 211 cm³/mol. The number of pyridine rings is 1. The van der Waals surface area contributed by atoms with Crippen LogP contribution in [0.5, 0.6) is 0 Å². The first-order valence-corrected chi connectivity index (χ1v) is 19.9. The summed E-state index contributed by atoms with van der Waals surface area (Å²) in [6, 6.07) is 15.4. The van der Waals surface area contributed by atoms with Crippen LogP contribution in [-0.4, -0.2) is 87.4 Å². The molecular formula is C43H52N8O3. The van der Waals surface area contributed by atoms with Gasteiger partial charge in [0.1, 0.15) is 5.52 Å². The van der Waals surface area contributed by atoms with E-state index in [4.69, 9.17) is 9.97 Å². The van der Waals surface area contributed by atoms with Gasteiger partial charge in [0.15, 0.2) is 5.82 Å². The number of aromatic nitrogens is 3. The first-order chi connectivity index (χ1) is 25.9. The van der Waals surface area contributed by atoms with Crippen LogP contribution in [0.15, 0.2) is 48.8 Å². The van der Waals surface area contributed by atoms with Crippen molar-refractivity contribution in [2.45, 2.75) is 103 Å². The monoisotopic (exact) mass is 728 g/mol.